The molecule has 0 radical (unpaired) electrons. The van der Waals surface area contributed by atoms with Crippen molar-refractivity contribution in [1.29, 1.82) is 0 Å². The largest absolute Gasteiger partial charge is 0.329 e. The Kier molecular flexibility index (Phi) is 3.39. The molecule has 1 unspecified atom stereocenters. The molecule has 3 heterocycles. The minimum atomic E-state index is -0.547. The van der Waals surface area contributed by atoms with Gasteiger partial charge in [0.1, 0.15) is 11.5 Å². The van der Waals surface area contributed by atoms with Crippen LogP contribution >= 0.6 is 22.6 Å². The maximum atomic E-state index is 12.5. The van der Waals surface area contributed by atoms with E-state index in [-0.39, 0.29) is 15.5 Å². The van der Waals surface area contributed by atoms with E-state index in [4.69, 9.17) is 0 Å². The molecule has 0 aliphatic carbocycles. The highest BCUT2D eigenvalue weighted by atomic mass is 127. The van der Waals surface area contributed by atoms with Gasteiger partial charge in [0.25, 0.3) is 3.91 Å². The van der Waals surface area contributed by atoms with Crippen LogP contribution in [0, 0.1) is 5.92 Å². The number of halogens is 1. The molecule has 0 spiro atoms. The average molecular weight is 387 g/mol. The smallest absolute Gasteiger partial charge is 0.283 e. The van der Waals surface area contributed by atoms with Crippen LogP contribution in [0.4, 0.5) is 4.79 Å². The highest BCUT2D eigenvalue weighted by molar-refractivity contribution is 14.1. The molecule has 0 saturated carbocycles. The van der Waals surface area contributed by atoms with Crippen LogP contribution in [0.1, 0.15) is 35.1 Å². The number of aryl methyl sites for hydroxylation is 1. The number of fused-ring (bicyclic) bond motifs is 3. The second kappa shape index (κ2) is 4.94. The molecule has 7 heteroatoms. The Balaban J connectivity index is 2.02. The van der Waals surface area contributed by atoms with E-state index in [1.165, 1.54) is 6.92 Å². The Hall–Kier alpha value is -1.25. The SMILES string of the molecule is CC(=O)C1CCn2nc3c(c2C1=O)CN(C(=O)I)CC3. The van der Waals surface area contributed by atoms with Crippen LogP contribution in [0.5, 0.6) is 0 Å². The van der Waals surface area contributed by atoms with Crippen molar-refractivity contribution in [2.24, 2.45) is 5.92 Å². The Morgan fingerprint density at radius 1 is 1.35 bits per heavy atom. The van der Waals surface area contributed by atoms with Crippen LogP contribution in [-0.2, 0) is 24.3 Å². The molecule has 2 aliphatic rings. The predicted octanol–water partition coefficient (Wildman–Crippen LogP) is 1.59. The van der Waals surface area contributed by atoms with Crippen LogP contribution in [0.25, 0.3) is 0 Å². The van der Waals surface area contributed by atoms with Crippen molar-refractivity contribution in [1.82, 2.24) is 14.7 Å². The monoisotopic (exact) mass is 387 g/mol. The summed E-state index contributed by atoms with van der Waals surface area (Å²) in [6.45, 7) is 3.11. The van der Waals surface area contributed by atoms with Crippen molar-refractivity contribution < 1.29 is 14.4 Å². The van der Waals surface area contributed by atoms with Crippen LogP contribution in [-0.4, -0.2) is 36.7 Å². The van der Waals surface area contributed by atoms with Gasteiger partial charge >= 0.3 is 0 Å². The zero-order valence-corrected chi connectivity index (χ0v) is 13.2. The lowest BCUT2D eigenvalue weighted by atomic mass is 9.89. The summed E-state index contributed by atoms with van der Waals surface area (Å²) in [5.74, 6) is -0.775. The van der Waals surface area contributed by atoms with E-state index in [9.17, 15) is 14.4 Å². The lowest BCUT2D eigenvalue weighted by Crippen LogP contribution is -2.35. The Morgan fingerprint density at radius 2 is 2.10 bits per heavy atom. The Morgan fingerprint density at radius 3 is 2.75 bits per heavy atom. The third kappa shape index (κ3) is 2.07. The standard InChI is InChI=1S/C13H14IN3O3/c1-7(18)8-2-5-17-11(12(8)19)9-6-16(13(14)20)4-3-10(9)15-17/h8H,2-6H2,1H3. The van der Waals surface area contributed by atoms with Gasteiger partial charge in [0.15, 0.2) is 5.78 Å². The van der Waals surface area contributed by atoms with E-state index < -0.39 is 5.92 Å². The van der Waals surface area contributed by atoms with Gasteiger partial charge < -0.3 is 4.90 Å². The number of aromatic nitrogens is 2. The topological polar surface area (TPSA) is 72.3 Å². The fourth-order valence-electron chi connectivity index (χ4n) is 2.95. The molecule has 2 aliphatic heterocycles. The number of ketones is 2. The zero-order valence-electron chi connectivity index (χ0n) is 11.1. The lowest BCUT2D eigenvalue weighted by Gasteiger charge is -2.26. The minimum absolute atomic E-state index is 0.0282. The number of Topliss-reactive ketones (excluding diaryl/α,β-unsaturated/α-hetero) is 2. The molecular formula is C13H14IN3O3. The van der Waals surface area contributed by atoms with Gasteiger partial charge in [-0.3, -0.25) is 19.1 Å². The molecule has 1 aromatic rings. The van der Waals surface area contributed by atoms with Crippen molar-refractivity contribution in [3.05, 3.63) is 17.0 Å². The first kappa shape index (κ1) is 13.7. The summed E-state index contributed by atoms with van der Waals surface area (Å²) in [5, 5.41) is 4.47. The molecule has 0 aromatic carbocycles. The summed E-state index contributed by atoms with van der Waals surface area (Å²) in [7, 11) is 0. The second-order valence-electron chi connectivity index (χ2n) is 5.24. The van der Waals surface area contributed by atoms with Gasteiger partial charge in [-0.15, -0.1) is 0 Å². The average Bonchev–Trinajstić information content (AvgIpc) is 2.76. The van der Waals surface area contributed by atoms with Gasteiger partial charge in [-0.2, -0.15) is 5.10 Å². The number of carbonyl (C=O) groups is 3. The van der Waals surface area contributed by atoms with Gasteiger partial charge in [-0.05, 0) is 13.3 Å². The normalized spacial score (nSPS) is 21.4. The summed E-state index contributed by atoms with van der Waals surface area (Å²) in [5.41, 5.74) is 2.26. The first-order chi connectivity index (χ1) is 9.49. The molecule has 3 rings (SSSR count). The quantitative estimate of drug-likeness (QED) is 0.318. The molecule has 0 fully saturated rings. The van der Waals surface area contributed by atoms with Gasteiger partial charge in [-0.25, -0.2) is 0 Å². The van der Waals surface area contributed by atoms with Crippen LogP contribution in [0.3, 0.4) is 0 Å². The highest BCUT2D eigenvalue weighted by Crippen LogP contribution is 2.30. The van der Waals surface area contributed by atoms with E-state index in [1.807, 2.05) is 0 Å². The first-order valence-electron chi connectivity index (χ1n) is 6.56. The molecule has 0 bridgehead atoms. The Labute approximate surface area is 129 Å². The fraction of sp³-hybridized carbons (Fsp3) is 0.538. The number of carbonyl (C=O) groups excluding carboxylic acids is 3. The molecule has 106 valence electrons. The number of hydrogen-bond donors (Lipinski definition) is 0. The zero-order chi connectivity index (χ0) is 14.4. The lowest BCUT2D eigenvalue weighted by molar-refractivity contribution is -0.119. The van der Waals surface area contributed by atoms with Gasteiger partial charge in [-0.1, -0.05) is 0 Å². The maximum absolute atomic E-state index is 12.5. The third-order valence-corrected chi connectivity index (χ3v) is 4.70. The van der Waals surface area contributed by atoms with Crippen LogP contribution in [0.2, 0.25) is 0 Å². The van der Waals surface area contributed by atoms with Crippen molar-refractivity contribution >= 4 is 38.1 Å². The first-order valence-corrected chi connectivity index (χ1v) is 7.64. The fourth-order valence-corrected chi connectivity index (χ4v) is 3.36. The summed E-state index contributed by atoms with van der Waals surface area (Å²) < 4.78 is 1.69. The van der Waals surface area contributed by atoms with E-state index >= 15 is 0 Å². The van der Waals surface area contributed by atoms with Crippen LogP contribution in [0.15, 0.2) is 0 Å². The summed E-state index contributed by atoms with van der Waals surface area (Å²) in [6, 6.07) is 0. The Bertz CT molecular complexity index is 623. The molecule has 20 heavy (non-hydrogen) atoms. The van der Waals surface area contributed by atoms with E-state index in [0.29, 0.717) is 38.2 Å². The van der Waals surface area contributed by atoms with Crippen molar-refractivity contribution in [3.63, 3.8) is 0 Å². The highest BCUT2D eigenvalue weighted by Gasteiger charge is 2.37. The van der Waals surface area contributed by atoms with Gasteiger partial charge in [0.2, 0.25) is 0 Å². The number of amides is 1. The minimum Gasteiger partial charge on any atom is -0.329 e. The molecule has 1 aromatic heterocycles. The molecular weight excluding hydrogens is 373 g/mol. The summed E-state index contributed by atoms with van der Waals surface area (Å²) in [6.07, 6.45) is 1.19. The van der Waals surface area contributed by atoms with Crippen LogP contribution < -0.4 is 0 Å². The number of hydrogen-bond acceptors (Lipinski definition) is 4. The molecule has 0 N–H and O–H groups in total. The molecule has 1 atom stereocenters. The van der Waals surface area contributed by atoms with Crippen molar-refractivity contribution in [3.8, 4) is 0 Å². The van der Waals surface area contributed by atoms with E-state index in [0.717, 1.165) is 11.3 Å². The van der Waals surface area contributed by atoms with Gasteiger partial charge in [0, 0.05) is 47.7 Å². The number of nitrogens with zero attached hydrogens (tertiary/aromatic N) is 3. The van der Waals surface area contributed by atoms with Crippen molar-refractivity contribution in [2.75, 3.05) is 6.54 Å². The summed E-state index contributed by atoms with van der Waals surface area (Å²) >= 11 is 1.76. The summed E-state index contributed by atoms with van der Waals surface area (Å²) in [4.78, 5) is 37.2. The molecule has 1 amide bonds. The predicted molar refractivity (Wildman–Crippen MR) is 78.9 cm³/mol. The van der Waals surface area contributed by atoms with Crippen molar-refractivity contribution in [2.45, 2.75) is 32.9 Å². The second-order valence-corrected chi connectivity index (χ2v) is 6.16. The molecule has 6 nitrogen and oxygen atoms in total. The van der Waals surface area contributed by atoms with E-state index in [2.05, 4.69) is 5.10 Å². The number of rotatable bonds is 1. The maximum Gasteiger partial charge on any atom is 0.283 e. The van der Waals surface area contributed by atoms with E-state index in [1.54, 1.807) is 32.2 Å². The van der Waals surface area contributed by atoms with Gasteiger partial charge in [0.05, 0.1) is 18.2 Å². The molecule has 0 saturated heterocycles. The third-order valence-electron chi connectivity index (χ3n) is 4.02.